The lowest BCUT2D eigenvalue weighted by molar-refractivity contribution is -0.188. The Bertz CT molecular complexity index is 1150. The van der Waals surface area contributed by atoms with Gasteiger partial charge >= 0.3 is 18.0 Å². The Morgan fingerprint density at radius 3 is 2.69 bits per heavy atom. The van der Waals surface area contributed by atoms with Gasteiger partial charge in [-0.05, 0) is 32.3 Å². The fourth-order valence-electron chi connectivity index (χ4n) is 3.73. The SMILES string of the molecule is CC(O)c1cn(CC(F)CCn2ccc(NC(=O)C(=O)N3CCC[C@@H](C(F)(F)F)C3)c(F)c2=O)nn1. The maximum Gasteiger partial charge on any atom is 0.393 e. The Hall–Kier alpha value is -3.36. The van der Waals surface area contributed by atoms with Gasteiger partial charge in [-0.2, -0.15) is 17.6 Å². The van der Waals surface area contributed by atoms with E-state index in [4.69, 9.17) is 0 Å². The maximum absolute atomic E-state index is 14.5. The smallest absolute Gasteiger partial charge is 0.387 e. The first-order valence-electron chi connectivity index (χ1n) is 11.1. The minimum Gasteiger partial charge on any atom is -0.387 e. The van der Waals surface area contributed by atoms with Crippen LogP contribution >= 0.6 is 0 Å². The summed E-state index contributed by atoms with van der Waals surface area (Å²) in [5, 5.41) is 18.7. The van der Waals surface area contributed by atoms with Gasteiger partial charge in [-0.3, -0.25) is 14.4 Å². The number of hydrogen-bond acceptors (Lipinski definition) is 6. The average molecular weight is 520 g/mol. The van der Waals surface area contributed by atoms with Gasteiger partial charge in [-0.25, -0.2) is 9.07 Å². The van der Waals surface area contributed by atoms with E-state index in [-0.39, 0.29) is 44.6 Å². The highest BCUT2D eigenvalue weighted by Gasteiger charge is 2.43. The lowest BCUT2D eigenvalue weighted by atomic mass is 9.97. The second-order valence-corrected chi connectivity index (χ2v) is 8.56. The minimum absolute atomic E-state index is 0.0533. The van der Waals surface area contributed by atoms with Gasteiger partial charge in [-0.15, -0.1) is 5.10 Å². The van der Waals surface area contributed by atoms with Gasteiger partial charge in [0.05, 0.1) is 30.5 Å². The van der Waals surface area contributed by atoms with E-state index < -0.39 is 59.8 Å². The molecule has 3 atom stereocenters. The van der Waals surface area contributed by atoms with Gasteiger partial charge in [0, 0.05) is 25.8 Å². The van der Waals surface area contributed by atoms with Crippen molar-refractivity contribution in [2.45, 2.75) is 57.7 Å². The number of aromatic nitrogens is 4. The van der Waals surface area contributed by atoms with Crippen LogP contribution in [0.2, 0.25) is 0 Å². The molecule has 2 aromatic heterocycles. The molecule has 2 unspecified atom stereocenters. The number of rotatable bonds is 7. The number of alkyl halides is 4. The molecule has 1 fully saturated rings. The first-order valence-corrected chi connectivity index (χ1v) is 11.1. The van der Waals surface area contributed by atoms with Gasteiger partial charge in [0.25, 0.3) is 5.56 Å². The van der Waals surface area contributed by atoms with Crippen LogP contribution in [-0.4, -0.2) is 66.8 Å². The number of aryl methyl sites for hydroxylation is 1. The third kappa shape index (κ3) is 6.65. The zero-order valence-electron chi connectivity index (χ0n) is 19.2. The molecular formula is C21H25F5N6O4. The quantitative estimate of drug-likeness (QED) is 0.424. The summed E-state index contributed by atoms with van der Waals surface area (Å²) < 4.78 is 69.7. The van der Waals surface area contributed by atoms with Crippen LogP contribution in [0.1, 0.15) is 38.0 Å². The molecule has 2 amide bonds. The van der Waals surface area contributed by atoms with Crippen LogP contribution in [0.15, 0.2) is 23.3 Å². The number of nitrogens with one attached hydrogen (secondary N) is 1. The molecule has 36 heavy (non-hydrogen) atoms. The van der Waals surface area contributed by atoms with Crippen molar-refractivity contribution in [1.29, 1.82) is 0 Å². The average Bonchev–Trinajstić information content (AvgIpc) is 3.29. The van der Waals surface area contributed by atoms with Crippen molar-refractivity contribution in [2.75, 3.05) is 18.4 Å². The number of hydrogen-bond donors (Lipinski definition) is 2. The molecule has 0 aromatic carbocycles. The standard InChI is InChI=1S/C21H25F5N6O4/c1-12(33)16-11-32(29-28-16)10-14(22)4-7-30-8-5-15(17(23)19(30)35)27-18(34)20(36)31-6-2-3-13(9-31)21(24,25)26/h5,8,11-14,33H,2-4,6-7,9-10H2,1H3,(H,27,34)/t12?,13-,14?/m1/s1. The number of piperidine rings is 1. The normalized spacial score (nSPS) is 18.1. The Morgan fingerprint density at radius 2 is 2.06 bits per heavy atom. The molecule has 0 bridgehead atoms. The molecule has 15 heteroatoms. The molecule has 0 spiro atoms. The van der Waals surface area contributed by atoms with E-state index in [2.05, 4.69) is 10.3 Å². The fourth-order valence-corrected chi connectivity index (χ4v) is 3.73. The maximum atomic E-state index is 14.5. The fraction of sp³-hybridized carbons (Fsp3) is 0.571. The number of halogens is 5. The van der Waals surface area contributed by atoms with Crippen molar-refractivity contribution < 1.29 is 36.6 Å². The molecule has 1 aliphatic heterocycles. The molecule has 0 aliphatic carbocycles. The van der Waals surface area contributed by atoms with Crippen LogP contribution < -0.4 is 10.9 Å². The van der Waals surface area contributed by atoms with E-state index in [1.165, 1.54) is 17.8 Å². The van der Waals surface area contributed by atoms with Gasteiger partial charge in [0.1, 0.15) is 11.9 Å². The molecular weight excluding hydrogens is 495 g/mol. The van der Waals surface area contributed by atoms with Crippen LogP contribution in [0.25, 0.3) is 0 Å². The third-order valence-electron chi connectivity index (χ3n) is 5.77. The topological polar surface area (TPSA) is 122 Å². The van der Waals surface area contributed by atoms with Crippen molar-refractivity contribution in [3.05, 3.63) is 40.3 Å². The van der Waals surface area contributed by atoms with Crippen molar-refractivity contribution in [2.24, 2.45) is 5.92 Å². The zero-order valence-corrected chi connectivity index (χ0v) is 19.2. The summed E-state index contributed by atoms with van der Waals surface area (Å²) in [5.41, 5.74) is -1.54. The van der Waals surface area contributed by atoms with Crippen molar-refractivity contribution in [1.82, 2.24) is 24.5 Å². The summed E-state index contributed by atoms with van der Waals surface area (Å²) in [4.78, 5) is 37.5. The van der Waals surface area contributed by atoms with Crippen LogP contribution in [0.5, 0.6) is 0 Å². The van der Waals surface area contributed by atoms with E-state index in [9.17, 15) is 41.4 Å². The third-order valence-corrected chi connectivity index (χ3v) is 5.77. The molecule has 3 rings (SSSR count). The summed E-state index contributed by atoms with van der Waals surface area (Å²) in [5.74, 6) is -5.80. The van der Waals surface area contributed by atoms with E-state index in [1.54, 1.807) is 0 Å². The largest absolute Gasteiger partial charge is 0.393 e. The van der Waals surface area contributed by atoms with Gasteiger partial charge < -0.3 is 19.9 Å². The van der Waals surface area contributed by atoms with Gasteiger partial charge in [0.15, 0.2) is 0 Å². The highest BCUT2D eigenvalue weighted by molar-refractivity contribution is 6.39. The number of anilines is 1. The van der Waals surface area contributed by atoms with Crippen LogP contribution in [-0.2, 0) is 22.7 Å². The molecule has 2 N–H and O–H groups in total. The van der Waals surface area contributed by atoms with E-state index in [0.717, 1.165) is 21.7 Å². The number of pyridine rings is 1. The molecule has 1 saturated heterocycles. The summed E-state index contributed by atoms with van der Waals surface area (Å²) in [6.07, 6.45) is -4.70. The lowest BCUT2D eigenvalue weighted by Crippen LogP contribution is -2.48. The van der Waals surface area contributed by atoms with Crippen molar-refractivity contribution in [3.8, 4) is 0 Å². The number of carbonyl (C=O) groups excluding carboxylic acids is 2. The van der Waals surface area contributed by atoms with Crippen molar-refractivity contribution in [3.63, 3.8) is 0 Å². The van der Waals surface area contributed by atoms with Gasteiger partial charge in [-0.1, -0.05) is 5.21 Å². The van der Waals surface area contributed by atoms with E-state index in [0.29, 0.717) is 0 Å². The molecule has 1 aliphatic rings. The van der Waals surface area contributed by atoms with Gasteiger partial charge in [0.2, 0.25) is 5.82 Å². The number of amides is 2. The Labute approximate surface area is 201 Å². The number of nitrogens with zero attached hydrogens (tertiary/aromatic N) is 5. The van der Waals surface area contributed by atoms with E-state index >= 15 is 0 Å². The predicted molar refractivity (Wildman–Crippen MR) is 115 cm³/mol. The highest BCUT2D eigenvalue weighted by atomic mass is 19.4. The van der Waals surface area contributed by atoms with E-state index in [1.807, 2.05) is 5.32 Å². The van der Waals surface area contributed by atoms with Crippen LogP contribution in [0.3, 0.4) is 0 Å². The number of carbonyl (C=O) groups is 2. The summed E-state index contributed by atoms with van der Waals surface area (Å²) in [6.45, 7) is 0.316. The lowest BCUT2D eigenvalue weighted by Gasteiger charge is -2.33. The zero-order chi connectivity index (χ0) is 26.6. The van der Waals surface area contributed by atoms with Crippen molar-refractivity contribution >= 4 is 17.5 Å². The van der Waals surface area contributed by atoms with Crippen LogP contribution in [0.4, 0.5) is 27.6 Å². The highest BCUT2D eigenvalue weighted by Crippen LogP contribution is 2.33. The summed E-state index contributed by atoms with van der Waals surface area (Å²) >= 11 is 0. The molecule has 2 aromatic rings. The van der Waals surface area contributed by atoms with Crippen LogP contribution in [0, 0.1) is 11.7 Å². The molecule has 3 heterocycles. The Kier molecular flexibility index (Phi) is 8.43. The number of aliphatic hydroxyl groups is 1. The first kappa shape index (κ1) is 27.2. The molecule has 198 valence electrons. The molecule has 0 radical (unpaired) electrons. The summed E-state index contributed by atoms with van der Waals surface area (Å²) in [6, 6.07) is 0.996. The molecule has 0 saturated carbocycles. The monoisotopic (exact) mass is 520 g/mol. The first-order chi connectivity index (χ1) is 16.9. The second-order valence-electron chi connectivity index (χ2n) is 8.56. The predicted octanol–water partition coefficient (Wildman–Crippen LogP) is 1.80. The number of aliphatic hydroxyl groups excluding tert-OH is 1. The minimum atomic E-state index is -4.51. The molecule has 10 nitrogen and oxygen atoms in total. The second kappa shape index (κ2) is 11.1. The summed E-state index contributed by atoms with van der Waals surface area (Å²) in [7, 11) is 0. The number of likely N-dealkylation sites (tertiary alicyclic amines) is 1. The Balaban J connectivity index is 1.58. The Morgan fingerprint density at radius 1 is 1.33 bits per heavy atom.